The predicted molar refractivity (Wildman–Crippen MR) is 89.3 cm³/mol. The maximum atomic E-state index is 12.1. The van der Waals surface area contributed by atoms with E-state index >= 15 is 0 Å². The molecule has 0 saturated heterocycles. The SMILES string of the molecule is O=C(Cc1cccc2cccnc12)NCc1cc(Br)cs1. The minimum atomic E-state index is 0.0117. The number of halogens is 1. The number of fused-ring (bicyclic) bond motifs is 1. The summed E-state index contributed by atoms with van der Waals surface area (Å²) in [6.45, 7) is 0.563. The first-order valence-electron chi connectivity index (χ1n) is 6.54. The van der Waals surface area contributed by atoms with Gasteiger partial charge in [0.1, 0.15) is 0 Å². The lowest BCUT2D eigenvalue weighted by molar-refractivity contribution is -0.120. The van der Waals surface area contributed by atoms with Crippen molar-refractivity contribution in [3.05, 3.63) is 62.9 Å². The maximum Gasteiger partial charge on any atom is 0.224 e. The molecule has 0 atom stereocenters. The Morgan fingerprint density at radius 1 is 1.29 bits per heavy atom. The lowest BCUT2D eigenvalue weighted by atomic mass is 10.1. The third-order valence-corrected chi connectivity index (χ3v) is 4.85. The number of carbonyl (C=O) groups excluding carboxylic acids is 1. The molecule has 3 nitrogen and oxygen atoms in total. The molecule has 2 aromatic heterocycles. The van der Waals surface area contributed by atoms with Gasteiger partial charge in [-0.25, -0.2) is 0 Å². The van der Waals surface area contributed by atoms with E-state index in [1.807, 2.05) is 41.8 Å². The summed E-state index contributed by atoms with van der Waals surface area (Å²) in [5, 5.41) is 6.02. The number of thiophene rings is 1. The Morgan fingerprint density at radius 2 is 2.14 bits per heavy atom. The van der Waals surface area contributed by atoms with E-state index in [0.29, 0.717) is 13.0 Å². The Balaban J connectivity index is 1.69. The first-order chi connectivity index (χ1) is 10.2. The summed E-state index contributed by atoms with van der Waals surface area (Å²) in [5.74, 6) is 0.0117. The van der Waals surface area contributed by atoms with E-state index in [1.165, 1.54) is 0 Å². The normalized spacial score (nSPS) is 10.7. The van der Waals surface area contributed by atoms with Crippen LogP contribution in [0.1, 0.15) is 10.4 Å². The van der Waals surface area contributed by atoms with Gasteiger partial charge >= 0.3 is 0 Å². The number of hydrogen-bond acceptors (Lipinski definition) is 3. The highest BCUT2D eigenvalue weighted by Crippen LogP contribution is 2.20. The number of para-hydroxylation sites is 1. The number of rotatable bonds is 4. The van der Waals surface area contributed by atoms with Gasteiger partial charge in [-0.05, 0) is 33.6 Å². The fourth-order valence-corrected chi connectivity index (χ4v) is 3.57. The van der Waals surface area contributed by atoms with Crippen molar-refractivity contribution in [2.45, 2.75) is 13.0 Å². The van der Waals surface area contributed by atoms with E-state index < -0.39 is 0 Å². The van der Waals surface area contributed by atoms with Crippen LogP contribution in [0.2, 0.25) is 0 Å². The summed E-state index contributed by atoms with van der Waals surface area (Å²) in [5.41, 5.74) is 1.85. The average molecular weight is 361 g/mol. The number of amides is 1. The molecule has 0 radical (unpaired) electrons. The molecule has 0 bridgehead atoms. The third kappa shape index (κ3) is 3.49. The summed E-state index contributed by atoms with van der Waals surface area (Å²) in [7, 11) is 0. The molecule has 1 amide bonds. The lowest BCUT2D eigenvalue weighted by Crippen LogP contribution is -2.24. The van der Waals surface area contributed by atoms with Crippen LogP contribution in [0.5, 0.6) is 0 Å². The van der Waals surface area contributed by atoms with Gasteiger partial charge in [0, 0.05) is 26.3 Å². The first-order valence-corrected chi connectivity index (χ1v) is 8.22. The molecule has 3 rings (SSSR count). The van der Waals surface area contributed by atoms with E-state index in [9.17, 15) is 4.79 Å². The van der Waals surface area contributed by atoms with Crippen LogP contribution in [0.4, 0.5) is 0 Å². The number of carbonyl (C=O) groups is 1. The molecule has 21 heavy (non-hydrogen) atoms. The zero-order chi connectivity index (χ0) is 14.7. The highest BCUT2D eigenvalue weighted by Gasteiger charge is 2.08. The first kappa shape index (κ1) is 14.2. The van der Waals surface area contributed by atoms with Gasteiger partial charge in [0.2, 0.25) is 5.91 Å². The fraction of sp³-hybridized carbons (Fsp3) is 0.125. The molecular formula is C16H13BrN2OS. The Labute approximate surface area is 135 Å². The number of aromatic nitrogens is 1. The second kappa shape index (κ2) is 6.37. The number of pyridine rings is 1. The minimum Gasteiger partial charge on any atom is -0.351 e. The summed E-state index contributed by atoms with van der Waals surface area (Å²) in [6, 6.07) is 11.9. The van der Waals surface area contributed by atoms with Crippen LogP contribution in [-0.2, 0) is 17.8 Å². The Morgan fingerprint density at radius 3 is 2.95 bits per heavy atom. The van der Waals surface area contributed by atoms with Crippen molar-refractivity contribution in [3.8, 4) is 0 Å². The Hall–Kier alpha value is -1.72. The summed E-state index contributed by atoms with van der Waals surface area (Å²) in [4.78, 5) is 17.6. The molecule has 0 unspecified atom stereocenters. The molecule has 5 heteroatoms. The molecule has 0 aliphatic heterocycles. The molecule has 0 fully saturated rings. The molecular weight excluding hydrogens is 348 g/mol. The van der Waals surface area contributed by atoms with Gasteiger partial charge in [-0.15, -0.1) is 11.3 Å². The third-order valence-electron chi connectivity index (χ3n) is 3.15. The topological polar surface area (TPSA) is 42.0 Å². The van der Waals surface area contributed by atoms with Crippen LogP contribution in [0.15, 0.2) is 52.4 Å². The number of nitrogens with zero attached hydrogens (tertiary/aromatic N) is 1. The van der Waals surface area contributed by atoms with Gasteiger partial charge in [-0.2, -0.15) is 0 Å². The van der Waals surface area contributed by atoms with E-state index in [-0.39, 0.29) is 5.91 Å². The summed E-state index contributed by atoms with van der Waals surface area (Å²) >= 11 is 5.04. The maximum absolute atomic E-state index is 12.1. The van der Waals surface area contributed by atoms with Crippen LogP contribution in [0, 0.1) is 0 Å². The van der Waals surface area contributed by atoms with E-state index in [1.54, 1.807) is 17.5 Å². The van der Waals surface area contributed by atoms with Crippen LogP contribution in [0.3, 0.4) is 0 Å². The minimum absolute atomic E-state index is 0.0117. The number of benzene rings is 1. The fourth-order valence-electron chi connectivity index (χ4n) is 2.18. The van der Waals surface area contributed by atoms with Gasteiger partial charge < -0.3 is 5.32 Å². The van der Waals surface area contributed by atoms with E-state index in [4.69, 9.17) is 0 Å². The molecule has 2 heterocycles. The Bertz CT molecular complexity index is 779. The zero-order valence-electron chi connectivity index (χ0n) is 11.2. The summed E-state index contributed by atoms with van der Waals surface area (Å²) in [6.07, 6.45) is 2.10. The smallest absolute Gasteiger partial charge is 0.224 e. The van der Waals surface area contributed by atoms with Crippen LogP contribution in [0.25, 0.3) is 10.9 Å². The highest BCUT2D eigenvalue weighted by atomic mass is 79.9. The van der Waals surface area contributed by atoms with Crippen molar-refractivity contribution in [2.24, 2.45) is 0 Å². The Kier molecular flexibility index (Phi) is 4.31. The standard InChI is InChI=1S/C16H13BrN2OS/c17-13-8-14(21-10-13)9-19-15(20)7-12-4-1-3-11-5-2-6-18-16(11)12/h1-6,8,10H,7,9H2,(H,19,20). The molecule has 1 N–H and O–H groups in total. The largest absolute Gasteiger partial charge is 0.351 e. The quantitative estimate of drug-likeness (QED) is 0.765. The van der Waals surface area contributed by atoms with Crippen LogP contribution in [-0.4, -0.2) is 10.9 Å². The number of nitrogens with one attached hydrogen (secondary N) is 1. The van der Waals surface area contributed by atoms with Gasteiger partial charge in [-0.3, -0.25) is 9.78 Å². The predicted octanol–water partition coefficient (Wildman–Crippen LogP) is 3.92. The molecule has 106 valence electrons. The lowest BCUT2D eigenvalue weighted by Gasteiger charge is -2.06. The molecule has 0 spiro atoms. The van der Waals surface area contributed by atoms with Gasteiger partial charge in [0.25, 0.3) is 0 Å². The second-order valence-corrected chi connectivity index (χ2v) is 6.59. The van der Waals surface area contributed by atoms with Crippen molar-refractivity contribution in [1.82, 2.24) is 10.3 Å². The molecule has 3 aromatic rings. The monoisotopic (exact) mass is 360 g/mol. The van der Waals surface area contributed by atoms with Crippen molar-refractivity contribution in [1.29, 1.82) is 0 Å². The van der Waals surface area contributed by atoms with Gasteiger partial charge in [0.05, 0.1) is 18.5 Å². The molecule has 0 aliphatic rings. The average Bonchev–Trinajstić information content (AvgIpc) is 2.91. The van der Waals surface area contributed by atoms with Crippen molar-refractivity contribution in [2.75, 3.05) is 0 Å². The van der Waals surface area contributed by atoms with Crippen LogP contribution < -0.4 is 5.32 Å². The molecule has 0 saturated carbocycles. The molecule has 1 aromatic carbocycles. The van der Waals surface area contributed by atoms with Crippen LogP contribution >= 0.6 is 27.3 Å². The van der Waals surface area contributed by atoms with Gasteiger partial charge in [0.15, 0.2) is 0 Å². The van der Waals surface area contributed by atoms with Crippen molar-refractivity contribution < 1.29 is 4.79 Å². The summed E-state index contributed by atoms with van der Waals surface area (Å²) < 4.78 is 1.05. The highest BCUT2D eigenvalue weighted by molar-refractivity contribution is 9.10. The second-order valence-electron chi connectivity index (χ2n) is 4.68. The van der Waals surface area contributed by atoms with E-state index in [0.717, 1.165) is 25.8 Å². The molecule has 0 aliphatic carbocycles. The van der Waals surface area contributed by atoms with Crippen molar-refractivity contribution >= 4 is 44.1 Å². The zero-order valence-corrected chi connectivity index (χ0v) is 13.6. The number of hydrogen-bond donors (Lipinski definition) is 1. The van der Waals surface area contributed by atoms with Crippen molar-refractivity contribution in [3.63, 3.8) is 0 Å². The van der Waals surface area contributed by atoms with Gasteiger partial charge in [-0.1, -0.05) is 24.3 Å². The van der Waals surface area contributed by atoms with E-state index in [2.05, 4.69) is 26.2 Å².